The van der Waals surface area contributed by atoms with Gasteiger partial charge in [0.25, 0.3) is 0 Å². The highest BCUT2D eigenvalue weighted by Crippen LogP contribution is 2.39. The van der Waals surface area contributed by atoms with E-state index in [-0.39, 0.29) is 39.6 Å². The van der Waals surface area contributed by atoms with Gasteiger partial charge in [0, 0.05) is 52.2 Å². The highest BCUT2D eigenvalue weighted by molar-refractivity contribution is 6.30. The normalized spacial score (nSPS) is 25.4. The number of hydrogen-bond donors (Lipinski definition) is 6. The number of rotatable bonds is 14. The molecule has 0 saturated heterocycles. The van der Waals surface area contributed by atoms with Crippen LogP contribution >= 0.6 is 0 Å². The zero-order valence-electron chi connectivity index (χ0n) is 30.0. The van der Waals surface area contributed by atoms with Gasteiger partial charge in [0.2, 0.25) is 0 Å². The number of carbonyl (C=O) groups excluding carboxylic acids is 4. The summed E-state index contributed by atoms with van der Waals surface area (Å²) in [5, 5.41) is 66.2. The maximum atomic E-state index is 13.7. The van der Waals surface area contributed by atoms with E-state index in [1.165, 1.54) is 33.8 Å². The van der Waals surface area contributed by atoms with Crippen molar-refractivity contribution in [3.63, 3.8) is 0 Å². The summed E-state index contributed by atoms with van der Waals surface area (Å²) < 4.78 is 0. The quantitative estimate of drug-likeness (QED) is 0.0900. The first-order valence-electron chi connectivity index (χ1n) is 16.5. The highest BCUT2D eigenvalue weighted by atomic mass is 16.3. The molecule has 10 heteroatoms. The Balaban J connectivity index is 2.23. The molecule has 0 radical (unpaired) electrons. The number of aliphatic hydroxyl groups is 6. The summed E-state index contributed by atoms with van der Waals surface area (Å²) in [5.74, 6) is -6.84. The predicted octanol–water partition coefficient (Wildman–Crippen LogP) is 3.82. The van der Waals surface area contributed by atoms with Crippen molar-refractivity contribution in [2.75, 3.05) is 0 Å². The second-order valence-electron chi connectivity index (χ2n) is 14.0. The van der Waals surface area contributed by atoms with E-state index in [1.807, 2.05) is 13.8 Å². The van der Waals surface area contributed by atoms with Crippen LogP contribution in [-0.2, 0) is 19.2 Å². The van der Waals surface area contributed by atoms with E-state index in [0.717, 1.165) is 11.6 Å². The van der Waals surface area contributed by atoms with Crippen LogP contribution in [0, 0.1) is 35.5 Å². The van der Waals surface area contributed by atoms with Gasteiger partial charge in [0.1, 0.15) is 5.76 Å². The van der Waals surface area contributed by atoms with Crippen LogP contribution in [0.25, 0.3) is 0 Å². The molecule has 2 aliphatic rings. The van der Waals surface area contributed by atoms with Crippen LogP contribution in [0.5, 0.6) is 0 Å². The summed E-state index contributed by atoms with van der Waals surface area (Å²) in [6.07, 6.45) is 0.00643. The summed E-state index contributed by atoms with van der Waals surface area (Å²) in [7, 11) is 0. The van der Waals surface area contributed by atoms with Crippen LogP contribution in [0.4, 0.5) is 0 Å². The molecule has 3 unspecified atom stereocenters. The molecule has 0 fully saturated rings. The summed E-state index contributed by atoms with van der Waals surface area (Å²) >= 11 is 0. The van der Waals surface area contributed by atoms with E-state index in [4.69, 9.17) is 0 Å². The van der Waals surface area contributed by atoms with Crippen LogP contribution in [0.15, 0.2) is 69.1 Å². The Bertz CT molecular complexity index is 1490. The second kappa shape index (κ2) is 16.4. The summed E-state index contributed by atoms with van der Waals surface area (Å²) in [6.45, 7) is 17.7. The minimum absolute atomic E-state index is 0.0596. The van der Waals surface area contributed by atoms with Crippen molar-refractivity contribution in [2.24, 2.45) is 35.5 Å². The molecule has 0 amide bonds. The van der Waals surface area contributed by atoms with Gasteiger partial charge in [-0.05, 0) is 51.8 Å². The molecule has 48 heavy (non-hydrogen) atoms. The van der Waals surface area contributed by atoms with Crippen LogP contribution < -0.4 is 0 Å². The fourth-order valence-electron chi connectivity index (χ4n) is 6.38. The molecule has 10 nitrogen and oxygen atoms in total. The van der Waals surface area contributed by atoms with Crippen LogP contribution in [0.2, 0.25) is 0 Å². The monoisotopic (exact) mass is 670 g/mol. The summed E-state index contributed by atoms with van der Waals surface area (Å²) in [5.41, 5.74) is 0.665. The Morgan fingerprint density at radius 1 is 0.792 bits per heavy atom. The molecule has 11 atom stereocenters. The molecule has 0 aromatic heterocycles. The molecule has 0 spiro atoms. The molecule has 6 N–H and O–H groups in total. The summed E-state index contributed by atoms with van der Waals surface area (Å²) in [4.78, 5) is 51.0. The lowest BCUT2D eigenvalue weighted by Gasteiger charge is -2.37. The number of hydrogen-bond acceptors (Lipinski definition) is 10. The maximum Gasteiger partial charge on any atom is 0.192 e. The molecule has 0 saturated carbocycles. The molecular weight excluding hydrogens is 616 g/mol. The Hall–Kier alpha value is -3.28. The topological polar surface area (TPSA) is 190 Å². The largest absolute Gasteiger partial charge is 0.511 e. The first-order chi connectivity index (χ1) is 22.1. The first kappa shape index (κ1) is 40.9. The molecule has 0 bridgehead atoms. The molecule has 0 aromatic rings. The van der Waals surface area contributed by atoms with Gasteiger partial charge in [-0.25, -0.2) is 0 Å². The zero-order valence-corrected chi connectivity index (χ0v) is 30.0. The molecule has 266 valence electrons. The maximum absolute atomic E-state index is 13.7. The Morgan fingerprint density at radius 2 is 1.29 bits per heavy atom. The average molecular weight is 671 g/mol. The minimum Gasteiger partial charge on any atom is -0.511 e. The van der Waals surface area contributed by atoms with Gasteiger partial charge in [0.05, 0.1) is 36.1 Å². The average Bonchev–Trinajstić information content (AvgIpc) is 3.04. The van der Waals surface area contributed by atoms with E-state index in [2.05, 4.69) is 0 Å². The van der Waals surface area contributed by atoms with E-state index < -0.39 is 83.2 Å². The number of allylic oxidation sites excluding steroid dienone is 8. The fourth-order valence-corrected chi connectivity index (χ4v) is 6.38. The van der Waals surface area contributed by atoms with Gasteiger partial charge in [-0.1, -0.05) is 65.3 Å². The van der Waals surface area contributed by atoms with Crippen molar-refractivity contribution >= 4 is 23.1 Å². The minimum atomic E-state index is -1.46. The van der Waals surface area contributed by atoms with E-state index in [1.54, 1.807) is 46.8 Å². The van der Waals surface area contributed by atoms with Crippen molar-refractivity contribution in [3.8, 4) is 0 Å². The lowest BCUT2D eigenvalue weighted by molar-refractivity contribution is -0.117. The van der Waals surface area contributed by atoms with Gasteiger partial charge < -0.3 is 30.6 Å². The third kappa shape index (κ3) is 8.47. The highest BCUT2D eigenvalue weighted by Gasteiger charge is 2.44. The first-order valence-corrected chi connectivity index (χ1v) is 16.5. The third-order valence-corrected chi connectivity index (χ3v) is 10.4. The van der Waals surface area contributed by atoms with Gasteiger partial charge in [-0.15, -0.1) is 0 Å². The number of ketones is 4. The smallest absolute Gasteiger partial charge is 0.192 e. The van der Waals surface area contributed by atoms with Gasteiger partial charge in [-0.2, -0.15) is 0 Å². The van der Waals surface area contributed by atoms with Crippen molar-refractivity contribution in [1.29, 1.82) is 0 Å². The number of aliphatic hydroxyl groups excluding tert-OH is 6. The lowest BCUT2D eigenvalue weighted by Crippen LogP contribution is -2.46. The SMILES string of the molecule is CC(=O)/C(C)=C\C=C(/C)[C@H](C)[C@H](O)[C@@H](C)[C@@H](O)[C@@H](C)[C@H](O)[C@H](C)[C@@H](O)C(C)/C=C(/C)C(=O)C1=C(O)C(C)C(O)C2=C1C(=O)C=C(C)C2=O. The summed E-state index contributed by atoms with van der Waals surface area (Å²) in [6, 6.07) is 0. The van der Waals surface area contributed by atoms with Crippen molar-refractivity contribution in [1.82, 2.24) is 0 Å². The van der Waals surface area contributed by atoms with Crippen molar-refractivity contribution in [2.45, 2.75) is 107 Å². The van der Waals surface area contributed by atoms with E-state index in [0.29, 0.717) is 5.57 Å². The molecule has 0 aromatic carbocycles. The number of carbonyl (C=O) groups is 4. The Kier molecular flexibility index (Phi) is 14.0. The molecular formula is C38H54O10. The lowest BCUT2D eigenvalue weighted by atomic mass is 9.73. The molecule has 0 heterocycles. The zero-order chi connectivity index (χ0) is 37.1. The van der Waals surface area contributed by atoms with Crippen LogP contribution in [0.3, 0.4) is 0 Å². The predicted molar refractivity (Wildman–Crippen MR) is 182 cm³/mol. The second-order valence-corrected chi connectivity index (χ2v) is 14.0. The Morgan fingerprint density at radius 3 is 1.81 bits per heavy atom. The standard InChI is InChI=1S/C38H54O10/c1-16(12-13-17(2)26(11)39)21(6)34(44)23(8)36(46)24(9)35(45)22(7)31(41)18(3)14-19(4)32(42)29-28-27(40)15-20(5)33(43)30(28)38(48)25(10)37(29)47/h12-15,18,21-25,31,34-36,38,41,44-48H,1-11H3/b16-12+,17-13-,19-14-/t18?,21-,22+,23+,24-,25?,31-,34-,35+,36+,38?/m0/s1. The van der Waals surface area contributed by atoms with Gasteiger partial charge in [0.15, 0.2) is 23.1 Å². The van der Waals surface area contributed by atoms with E-state index in [9.17, 15) is 49.8 Å². The number of Topliss-reactive ketones (excluding diaryl/α,β-unsaturated/α-hetero) is 3. The van der Waals surface area contributed by atoms with Crippen molar-refractivity contribution in [3.05, 3.63) is 69.1 Å². The van der Waals surface area contributed by atoms with Crippen molar-refractivity contribution < 1.29 is 49.8 Å². The van der Waals surface area contributed by atoms with Gasteiger partial charge in [-0.3, -0.25) is 19.2 Å². The Labute approximate surface area is 284 Å². The molecule has 2 aliphatic carbocycles. The third-order valence-electron chi connectivity index (χ3n) is 10.4. The van der Waals surface area contributed by atoms with Crippen LogP contribution in [0.1, 0.15) is 76.2 Å². The van der Waals surface area contributed by atoms with Gasteiger partial charge >= 0.3 is 0 Å². The molecule has 0 aliphatic heterocycles. The van der Waals surface area contributed by atoms with Crippen LogP contribution in [-0.4, -0.2) is 84.3 Å². The molecule has 2 rings (SSSR count). The van der Waals surface area contributed by atoms with E-state index >= 15 is 0 Å². The fraction of sp³-hybridized carbons (Fsp3) is 0.579.